The monoisotopic (exact) mass is 297 g/mol. The number of phosphoric ester groups is 1. The summed E-state index contributed by atoms with van der Waals surface area (Å²) in [6.07, 6.45) is -0.0636. The van der Waals surface area contributed by atoms with Crippen LogP contribution in [-0.2, 0) is 23.4 Å². The first-order valence-corrected chi connectivity index (χ1v) is 7.28. The van der Waals surface area contributed by atoms with Crippen LogP contribution in [0.1, 0.15) is 0 Å². The predicted molar refractivity (Wildman–Crippen MR) is 60.5 cm³/mol. The van der Waals surface area contributed by atoms with Crippen molar-refractivity contribution in [3.8, 4) is 0 Å². The van der Waals surface area contributed by atoms with Crippen molar-refractivity contribution in [3.63, 3.8) is 0 Å². The van der Waals surface area contributed by atoms with Crippen molar-refractivity contribution >= 4 is 13.8 Å². The Labute approximate surface area is 109 Å². The SMILES string of the molecule is O=C(O)[C@H](COP(=O)(O)O)N(CC1CO1)CC1CO1. The molecule has 2 rings (SSSR count). The van der Waals surface area contributed by atoms with Crippen LogP contribution in [0, 0.1) is 0 Å². The third kappa shape index (κ3) is 5.53. The lowest BCUT2D eigenvalue weighted by Gasteiger charge is -2.27. The summed E-state index contributed by atoms with van der Waals surface area (Å²) in [5, 5.41) is 9.15. The maximum Gasteiger partial charge on any atom is 0.469 e. The molecule has 19 heavy (non-hydrogen) atoms. The fourth-order valence-electron chi connectivity index (χ4n) is 1.70. The average Bonchev–Trinajstić information content (AvgIpc) is 3.10. The van der Waals surface area contributed by atoms with Crippen LogP contribution in [0.3, 0.4) is 0 Å². The summed E-state index contributed by atoms with van der Waals surface area (Å²) >= 11 is 0. The highest BCUT2D eigenvalue weighted by atomic mass is 31.2. The van der Waals surface area contributed by atoms with Gasteiger partial charge in [0.25, 0.3) is 0 Å². The molecule has 0 bridgehead atoms. The lowest BCUT2D eigenvalue weighted by Crippen LogP contribution is -2.47. The van der Waals surface area contributed by atoms with Crippen LogP contribution < -0.4 is 0 Å². The van der Waals surface area contributed by atoms with Crippen molar-refractivity contribution in [2.75, 3.05) is 32.9 Å². The Morgan fingerprint density at radius 1 is 1.32 bits per heavy atom. The van der Waals surface area contributed by atoms with E-state index < -0.39 is 26.4 Å². The fraction of sp³-hybridized carbons (Fsp3) is 0.889. The minimum atomic E-state index is -4.69. The van der Waals surface area contributed by atoms with Gasteiger partial charge in [-0.05, 0) is 0 Å². The van der Waals surface area contributed by atoms with E-state index in [2.05, 4.69) is 4.52 Å². The minimum absolute atomic E-state index is 0.0318. The van der Waals surface area contributed by atoms with Crippen LogP contribution in [0.15, 0.2) is 0 Å². The normalized spacial score (nSPS) is 27.3. The summed E-state index contributed by atoms with van der Waals surface area (Å²) in [7, 11) is -4.69. The minimum Gasteiger partial charge on any atom is -0.480 e. The topological polar surface area (TPSA) is 132 Å². The van der Waals surface area contributed by atoms with Crippen molar-refractivity contribution in [1.29, 1.82) is 0 Å². The highest BCUT2D eigenvalue weighted by Gasteiger charge is 2.37. The standard InChI is InChI=1S/C9H16NO8P/c11-9(12)8(5-18-19(13,14)15)10(1-6-3-16-6)2-7-4-17-7/h6-8H,1-5H2,(H,11,12)(H2,13,14,15)/t6?,7?,8-/m0/s1. The molecule has 2 aliphatic heterocycles. The van der Waals surface area contributed by atoms with Gasteiger partial charge in [-0.3, -0.25) is 14.2 Å². The van der Waals surface area contributed by atoms with Crippen molar-refractivity contribution in [1.82, 2.24) is 4.90 Å². The van der Waals surface area contributed by atoms with E-state index in [9.17, 15) is 9.36 Å². The van der Waals surface area contributed by atoms with E-state index in [1.54, 1.807) is 4.90 Å². The molecule has 0 saturated carbocycles. The van der Waals surface area contributed by atoms with Crippen molar-refractivity contribution in [2.45, 2.75) is 18.2 Å². The van der Waals surface area contributed by atoms with E-state index in [0.717, 1.165) is 0 Å². The number of carbonyl (C=O) groups is 1. The molecule has 110 valence electrons. The molecule has 2 saturated heterocycles. The molecule has 9 nitrogen and oxygen atoms in total. The summed E-state index contributed by atoms with van der Waals surface area (Å²) in [4.78, 5) is 30.1. The van der Waals surface area contributed by atoms with Gasteiger partial charge in [0.05, 0.1) is 32.0 Å². The van der Waals surface area contributed by atoms with Crippen LogP contribution in [0.4, 0.5) is 0 Å². The van der Waals surface area contributed by atoms with Gasteiger partial charge in [-0.1, -0.05) is 0 Å². The van der Waals surface area contributed by atoms with Gasteiger partial charge in [-0.15, -0.1) is 0 Å². The molecule has 10 heteroatoms. The van der Waals surface area contributed by atoms with Gasteiger partial charge in [0.15, 0.2) is 0 Å². The highest BCUT2D eigenvalue weighted by molar-refractivity contribution is 7.46. The van der Waals surface area contributed by atoms with E-state index in [-0.39, 0.29) is 12.2 Å². The Morgan fingerprint density at radius 3 is 2.11 bits per heavy atom. The van der Waals surface area contributed by atoms with Gasteiger partial charge >= 0.3 is 13.8 Å². The Bertz CT molecular complexity index is 362. The summed E-state index contributed by atoms with van der Waals surface area (Å²) < 4.78 is 25.1. The molecular formula is C9H16NO8P. The molecule has 2 fully saturated rings. The maximum atomic E-state index is 11.2. The van der Waals surface area contributed by atoms with Gasteiger partial charge in [0.1, 0.15) is 6.04 Å². The quantitative estimate of drug-likeness (QED) is 0.349. The zero-order valence-electron chi connectivity index (χ0n) is 10.0. The number of hydrogen-bond acceptors (Lipinski definition) is 6. The lowest BCUT2D eigenvalue weighted by molar-refractivity contribution is -0.144. The maximum absolute atomic E-state index is 11.2. The van der Waals surface area contributed by atoms with Crippen molar-refractivity contribution < 1.29 is 38.3 Å². The van der Waals surface area contributed by atoms with Gasteiger partial charge in [-0.2, -0.15) is 0 Å². The Morgan fingerprint density at radius 2 is 1.79 bits per heavy atom. The molecule has 3 atom stereocenters. The number of phosphoric acid groups is 1. The first-order valence-electron chi connectivity index (χ1n) is 5.75. The third-order valence-corrected chi connectivity index (χ3v) is 3.29. The molecule has 0 aromatic heterocycles. The molecule has 0 aromatic rings. The smallest absolute Gasteiger partial charge is 0.469 e. The molecule has 0 spiro atoms. The molecule has 2 aliphatic rings. The van der Waals surface area contributed by atoms with Crippen LogP contribution in [0.25, 0.3) is 0 Å². The van der Waals surface area contributed by atoms with Crippen LogP contribution in [0.5, 0.6) is 0 Å². The first kappa shape index (κ1) is 14.9. The van der Waals surface area contributed by atoms with Gasteiger partial charge < -0.3 is 24.4 Å². The van der Waals surface area contributed by atoms with Gasteiger partial charge in [-0.25, -0.2) is 4.57 Å². The number of nitrogens with zero attached hydrogens (tertiary/aromatic N) is 1. The van der Waals surface area contributed by atoms with Gasteiger partial charge in [0.2, 0.25) is 0 Å². The number of epoxide rings is 2. The largest absolute Gasteiger partial charge is 0.480 e. The molecule has 2 heterocycles. The summed E-state index contributed by atoms with van der Waals surface area (Å²) in [6, 6.07) is -1.14. The third-order valence-electron chi connectivity index (χ3n) is 2.81. The van der Waals surface area contributed by atoms with Crippen LogP contribution in [0.2, 0.25) is 0 Å². The van der Waals surface area contributed by atoms with E-state index in [4.69, 9.17) is 24.4 Å². The molecule has 0 aliphatic carbocycles. The average molecular weight is 297 g/mol. The van der Waals surface area contributed by atoms with Gasteiger partial charge in [0, 0.05) is 13.1 Å². The van der Waals surface area contributed by atoms with E-state index in [1.807, 2.05) is 0 Å². The van der Waals surface area contributed by atoms with Crippen LogP contribution >= 0.6 is 7.82 Å². The number of aliphatic carboxylic acids is 1. The van der Waals surface area contributed by atoms with E-state index in [0.29, 0.717) is 26.3 Å². The number of carboxylic acids is 1. The second-order valence-electron chi connectivity index (χ2n) is 4.50. The lowest BCUT2D eigenvalue weighted by atomic mass is 10.2. The molecule has 3 N–H and O–H groups in total. The molecule has 2 unspecified atom stereocenters. The number of carboxylic acid groups (broad SMARTS) is 1. The number of hydrogen-bond donors (Lipinski definition) is 3. The molecule has 0 aromatic carbocycles. The zero-order valence-corrected chi connectivity index (χ0v) is 10.9. The van der Waals surface area contributed by atoms with Crippen molar-refractivity contribution in [2.24, 2.45) is 0 Å². The predicted octanol–water partition coefficient (Wildman–Crippen LogP) is -1.35. The summed E-state index contributed by atoms with van der Waals surface area (Å²) in [6.45, 7) is 1.29. The highest BCUT2D eigenvalue weighted by Crippen LogP contribution is 2.36. The number of ether oxygens (including phenoxy) is 2. The molecule has 0 radical (unpaired) electrons. The molecule has 0 amide bonds. The fourth-order valence-corrected chi connectivity index (χ4v) is 2.04. The summed E-state index contributed by atoms with van der Waals surface area (Å²) in [5.41, 5.74) is 0. The molecular weight excluding hydrogens is 281 g/mol. The second-order valence-corrected chi connectivity index (χ2v) is 5.74. The zero-order chi connectivity index (χ0) is 14.0. The number of rotatable bonds is 9. The second kappa shape index (κ2) is 5.84. The summed E-state index contributed by atoms with van der Waals surface area (Å²) in [5.74, 6) is -1.20. The van der Waals surface area contributed by atoms with Crippen molar-refractivity contribution in [3.05, 3.63) is 0 Å². The van der Waals surface area contributed by atoms with E-state index >= 15 is 0 Å². The van der Waals surface area contributed by atoms with E-state index in [1.165, 1.54) is 0 Å². The Hall–Kier alpha value is -0.540. The Balaban J connectivity index is 1.94. The van der Waals surface area contributed by atoms with Crippen LogP contribution in [-0.4, -0.2) is 76.9 Å². The Kier molecular flexibility index (Phi) is 4.57. The first-order chi connectivity index (χ1) is 8.85.